The highest BCUT2D eigenvalue weighted by Gasteiger charge is 2.46. The van der Waals surface area contributed by atoms with Crippen LogP contribution in [-0.4, -0.2) is 62.6 Å². The summed E-state index contributed by atoms with van der Waals surface area (Å²) in [5.41, 5.74) is 5.77. The minimum absolute atomic E-state index is 0.0598. The summed E-state index contributed by atoms with van der Waals surface area (Å²) < 4.78 is 26.3. The van der Waals surface area contributed by atoms with E-state index in [4.69, 9.17) is 5.73 Å². The Hall–Kier alpha value is -2.58. The average molecular weight is 466 g/mol. The van der Waals surface area contributed by atoms with Gasteiger partial charge in [-0.25, -0.2) is 8.42 Å². The number of hydrogen-bond donors (Lipinski definition) is 2. The van der Waals surface area contributed by atoms with Crippen LogP contribution in [0.15, 0.2) is 77.7 Å². The number of carbonyl (C=O) groups is 1. The first-order valence-electron chi connectivity index (χ1n) is 11.4. The third kappa shape index (κ3) is 4.87. The zero-order chi connectivity index (χ0) is 23.5. The van der Waals surface area contributed by atoms with Crippen molar-refractivity contribution in [1.82, 2.24) is 10.2 Å². The number of rotatable bonds is 8. The molecule has 3 N–H and O–H groups in total. The molecular formula is C26H31N3O3S. The molecular weight excluding hydrogens is 434 g/mol. The molecule has 174 valence electrons. The first-order chi connectivity index (χ1) is 15.8. The van der Waals surface area contributed by atoms with Crippen LogP contribution in [0.1, 0.15) is 23.7 Å². The monoisotopic (exact) mass is 465 g/mol. The Labute approximate surface area is 195 Å². The molecule has 1 heterocycles. The third-order valence-electron chi connectivity index (χ3n) is 6.43. The second kappa shape index (κ2) is 9.73. The van der Waals surface area contributed by atoms with Crippen LogP contribution in [0.3, 0.4) is 0 Å². The Kier molecular flexibility index (Phi) is 6.95. The molecule has 0 radical (unpaired) electrons. The number of nitrogens with one attached hydrogen (secondary N) is 1. The first kappa shape index (κ1) is 23.6. The molecule has 33 heavy (non-hydrogen) atoms. The molecule has 2 atom stereocenters. The van der Waals surface area contributed by atoms with Crippen molar-refractivity contribution in [3.05, 3.63) is 78.4 Å². The fourth-order valence-electron chi connectivity index (χ4n) is 4.76. The number of piperazine rings is 1. The smallest absolute Gasteiger partial charge is 0.185 e. The maximum Gasteiger partial charge on any atom is 0.185 e. The third-order valence-corrected chi connectivity index (χ3v) is 8.17. The van der Waals surface area contributed by atoms with Crippen molar-refractivity contribution >= 4 is 26.4 Å². The van der Waals surface area contributed by atoms with E-state index in [1.165, 1.54) is 0 Å². The van der Waals surface area contributed by atoms with Gasteiger partial charge < -0.3 is 11.1 Å². The van der Waals surface area contributed by atoms with Crippen LogP contribution >= 0.6 is 0 Å². The average Bonchev–Trinajstić information content (AvgIpc) is 2.83. The molecule has 0 saturated carbocycles. The lowest BCUT2D eigenvalue weighted by molar-refractivity contribution is 0.0394. The maximum absolute atomic E-state index is 14.3. The largest absolute Gasteiger partial charge is 0.327 e. The molecule has 0 bridgehead atoms. The van der Waals surface area contributed by atoms with Gasteiger partial charge >= 0.3 is 0 Å². The Morgan fingerprint density at radius 3 is 2.52 bits per heavy atom. The Morgan fingerprint density at radius 2 is 1.76 bits per heavy atom. The summed E-state index contributed by atoms with van der Waals surface area (Å²) >= 11 is 0. The van der Waals surface area contributed by atoms with E-state index in [9.17, 15) is 13.2 Å². The summed E-state index contributed by atoms with van der Waals surface area (Å²) in [5.74, 6) is -0.180. The number of nitrogens with zero attached hydrogens (tertiary/aromatic N) is 1. The van der Waals surface area contributed by atoms with E-state index in [2.05, 4.69) is 10.2 Å². The van der Waals surface area contributed by atoms with Crippen molar-refractivity contribution in [2.24, 2.45) is 5.73 Å². The molecule has 3 aromatic carbocycles. The van der Waals surface area contributed by atoms with Gasteiger partial charge in [0.05, 0.1) is 16.2 Å². The van der Waals surface area contributed by atoms with Gasteiger partial charge in [-0.05, 0) is 36.2 Å². The highest BCUT2D eigenvalue weighted by atomic mass is 32.2. The number of nitrogens with two attached hydrogens (primary N) is 1. The van der Waals surface area contributed by atoms with Crippen LogP contribution in [0.25, 0.3) is 10.8 Å². The van der Waals surface area contributed by atoms with Gasteiger partial charge in [0.2, 0.25) is 0 Å². The predicted octanol–water partition coefficient (Wildman–Crippen LogP) is 2.88. The zero-order valence-corrected chi connectivity index (χ0v) is 19.7. The Bertz CT molecular complexity index is 1220. The molecule has 3 aromatic rings. The Morgan fingerprint density at radius 1 is 1.06 bits per heavy atom. The number of sulfone groups is 1. The number of hydrogen-bond acceptors (Lipinski definition) is 6. The van der Waals surface area contributed by atoms with Gasteiger partial charge in [0.15, 0.2) is 15.6 Å². The standard InChI is InChI=1S/C26H31N3O3S/c1-20(27)18-29-16-15-28-19-26(29,14-17-33(31,32)22-10-3-2-4-11-22)25(30)24-13-7-9-21-8-5-6-12-23(21)24/h2-13,20,28H,14-19,27H2,1H3/t20?,26-/m1/s1. The maximum atomic E-state index is 14.3. The Balaban J connectivity index is 1.76. The first-order valence-corrected chi connectivity index (χ1v) is 13.0. The normalized spacial score (nSPS) is 20.5. The second-order valence-electron chi connectivity index (χ2n) is 8.87. The highest BCUT2D eigenvalue weighted by molar-refractivity contribution is 7.91. The van der Waals surface area contributed by atoms with E-state index in [0.717, 1.165) is 17.3 Å². The van der Waals surface area contributed by atoms with Gasteiger partial charge in [-0.3, -0.25) is 9.69 Å². The quantitative estimate of drug-likeness (QED) is 0.497. The van der Waals surface area contributed by atoms with Gasteiger partial charge in [-0.1, -0.05) is 60.7 Å². The van der Waals surface area contributed by atoms with Gasteiger partial charge in [0.25, 0.3) is 0 Å². The van der Waals surface area contributed by atoms with Gasteiger partial charge in [-0.15, -0.1) is 0 Å². The lowest BCUT2D eigenvalue weighted by Gasteiger charge is -2.47. The topological polar surface area (TPSA) is 92.5 Å². The molecule has 6 nitrogen and oxygen atoms in total. The number of benzene rings is 3. The molecule has 1 fully saturated rings. The SMILES string of the molecule is CC(N)CN1CCNC[C@]1(CCS(=O)(=O)c1ccccc1)C(=O)c1cccc2ccccc12. The molecule has 0 spiro atoms. The summed E-state index contributed by atoms with van der Waals surface area (Å²) in [7, 11) is -3.55. The number of Topliss-reactive ketones (excluding diaryl/α,β-unsaturated/α-hetero) is 1. The van der Waals surface area contributed by atoms with Crippen LogP contribution in [0.4, 0.5) is 0 Å². The number of carbonyl (C=O) groups excluding carboxylic acids is 1. The minimum Gasteiger partial charge on any atom is -0.327 e. The van der Waals surface area contributed by atoms with Crippen molar-refractivity contribution in [3.8, 4) is 0 Å². The molecule has 0 aromatic heterocycles. The summed E-state index contributed by atoms with van der Waals surface area (Å²) in [6.45, 7) is 4.16. The zero-order valence-electron chi connectivity index (χ0n) is 18.9. The van der Waals surface area contributed by atoms with Crippen LogP contribution in [0, 0.1) is 0 Å². The van der Waals surface area contributed by atoms with Crippen molar-refractivity contribution in [2.45, 2.75) is 29.8 Å². The lowest BCUT2D eigenvalue weighted by atomic mass is 9.81. The van der Waals surface area contributed by atoms with Crippen LogP contribution in [-0.2, 0) is 9.84 Å². The van der Waals surface area contributed by atoms with Crippen molar-refractivity contribution in [1.29, 1.82) is 0 Å². The molecule has 4 rings (SSSR count). The summed E-state index contributed by atoms with van der Waals surface area (Å²) in [6, 6.07) is 21.8. The van der Waals surface area contributed by atoms with E-state index >= 15 is 0 Å². The van der Waals surface area contributed by atoms with Gasteiger partial charge in [0, 0.05) is 37.8 Å². The van der Waals surface area contributed by atoms with E-state index in [1.54, 1.807) is 30.3 Å². The van der Waals surface area contributed by atoms with Crippen molar-refractivity contribution < 1.29 is 13.2 Å². The molecule has 7 heteroatoms. The van der Waals surface area contributed by atoms with E-state index < -0.39 is 15.4 Å². The summed E-state index contributed by atoms with van der Waals surface area (Å²) in [6.07, 6.45) is 0.187. The van der Waals surface area contributed by atoms with Crippen molar-refractivity contribution in [2.75, 3.05) is 31.9 Å². The molecule has 0 amide bonds. The molecule has 1 aliphatic rings. The number of fused-ring (bicyclic) bond motifs is 1. The fourth-order valence-corrected chi connectivity index (χ4v) is 6.17. The number of ketones is 1. The van der Waals surface area contributed by atoms with Gasteiger partial charge in [0.1, 0.15) is 0 Å². The second-order valence-corrected chi connectivity index (χ2v) is 11.0. The van der Waals surface area contributed by atoms with E-state index in [-0.39, 0.29) is 28.9 Å². The molecule has 0 aliphatic carbocycles. The van der Waals surface area contributed by atoms with Crippen LogP contribution < -0.4 is 11.1 Å². The molecule has 1 aliphatic heterocycles. The van der Waals surface area contributed by atoms with Crippen LogP contribution in [0.2, 0.25) is 0 Å². The molecule has 1 unspecified atom stereocenters. The summed E-state index contributed by atoms with van der Waals surface area (Å²) in [4.78, 5) is 16.6. The molecule has 1 saturated heterocycles. The fraction of sp³-hybridized carbons (Fsp3) is 0.346. The summed E-state index contributed by atoms with van der Waals surface area (Å²) in [5, 5.41) is 5.22. The van der Waals surface area contributed by atoms with E-state index in [1.807, 2.05) is 49.4 Å². The van der Waals surface area contributed by atoms with E-state index in [0.29, 0.717) is 25.2 Å². The van der Waals surface area contributed by atoms with Gasteiger partial charge in [-0.2, -0.15) is 0 Å². The lowest BCUT2D eigenvalue weighted by Crippen LogP contribution is -2.67. The van der Waals surface area contributed by atoms with Crippen LogP contribution in [0.5, 0.6) is 0 Å². The van der Waals surface area contributed by atoms with Crippen molar-refractivity contribution in [3.63, 3.8) is 0 Å². The highest BCUT2D eigenvalue weighted by Crippen LogP contribution is 2.31. The minimum atomic E-state index is -3.55. The predicted molar refractivity (Wildman–Crippen MR) is 132 cm³/mol.